The second-order valence-corrected chi connectivity index (χ2v) is 6.82. The minimum atomic E-state index is 0.00204. The fourth-order valence-corrected chi connectivity index (χ4v) is 3.18. The van der Waals surface area contributed by atoms with E-state index in [0.717, 1.165) is 24.1 Å². The quantitative estimate of drug-likeness (QED) is 0.792. The van der Waals surface area contributed by atoms with Crippen molar-refractivity contribution in [2.75, 3.05) is 26.2 Å². The molecule has 0 spiro atoms. The Kier molecular flexibility index (Phi) is 4.56. The van der Waals surface area contributed by atoms with Gasteiger partial charge in [-0.05, 0) is 36.6 Å². The zero-order valence-corrected chi connectivity index (χ0v) is 14.6. The highest BCUT2D eigenvalue weighted by Crippen LogP contribution is 2.31. The first kappa shape index (κ1) is 16.6. The van der Waals surface area contributed by atoms with Crippen LogP contribution in [0.4, 0.5) is 0 Å². The number of amides is 2. The lowest BCUT2D eigenvalue weighted by Gasteiger charge is -2.34. The van der Waals surface area contributed by atoms with Crippen LogP contribution in [0.2, 0.25) is 0 Å². The van der Waals surface area contributed by atoms with E-state index in [0.29, 0.717) is 26.2 Å². The third-order valence-corrected chi connectivity index (χ3v) is 4.94. The number of carbonyl (C=O) groups is 2. The van der Waals surface area contributed by atoms with Gasteiger partial charge in [0, 0.05) is 56.3 Å². The number of hydrogen-bond donors (Lipinski definition) is 0. The Morgan fingerprint density at radius 2 is 1.69 bits per heavy atom. The standard InChI is InChI=1S/C20H22N4O2/c25-19(22-11-13-23(14-12-22)20(26)17-4-5-17)8-3-16-1-6-18(7-2-16)24-10-9-21-15-24/h1-3,6-10,15,17H,4-5,11-14H2/b8-3+. The van der Waals surface area contributed by atoms with Gasteiger partial charge in [0.15, 0.2) is 0 Å². The topological polar surface area (TPSA) is 58.4 Å². The van der Waals surface area contributed by atoms with Crippen LogP contribution in [-0.4, -0.2) is 57.3 Å². The predicted molar refractivity (Wildman–Crippen MR) is 98.5 cm³/mol. The fraction of sp³-hybridized carbons (Fsp3) is 0.350. The van der Waals surface area contributed by atoms with Crippen molar-refractivity contribution >= 4 is 17.9 Å². The van der Waals surface area contributed by atoms with Crippen LogP contribution in [0.5, 0.6) is 0 Å². The minimum absolute atomic E-state index is 0.00204. The maximum absolute atomic E-state index is 12.4. The molecule has 1 aromatic carbocycles. The van der Waals surface area contributed by atoms with Crippen molar-refractivity contribution in [3.05, 3.63) is 54.6 Å². The van der Waals surface area contributed by atoms with E-state index < -0.39 is 0 Å². The van der Waals surface area contributed by atoms with Gasteiger partial charge in [-0.2, -0.15) is 0 Å². The lowest BCUT2D eigenvalue weighted by atomic mass is 10.2. The van der Waals surface area contributed by atoms with Crippen molar-refractivity contribution < 1.29 is 9.59 Å². The largest absolute Gasteiger partial charge is 0.339 e. The van der Waals surface area contributed by atoms with Gasteiger partial charge in [0.05, 0.1) is 6.33 Å². The van der Waals surface area contributed by atoms with Crippen molar-refractivity contribution in [2.45, 2.75) is 12.8 Å². The Labute approximate surface area is 152 Å². The molecule has 1 aromatic heterocycles. The van der Waals surface area contributed by atoms with E-state index in [1.54, 1.807) is 18.6 Å². The van der Waals surface area contributed by atoms with Crippen molar-refractivity contribution in [1.82, 2.24) is 19.4 Å². The first-order valence-electron chi connectivity index (χ1n) is 9.05. The summed E-state index contributed by atoms with van der Waals surface area (Å²) in [5, 5.41) is 0. The van der Waals surface area contributed by atoms with E-state index in [1.807, 2.05) is 50.9 Å². The number of rotatable bonds is 4. The van der Waals surface area contributed by atoms with Crippen LogP contribution < -0.4 is 0 Å². The van der Waals surface area contributed by atoms with E-state index in [4.69, 9.17) is 0 Å². The lowest BCUT2D eigenvalue weighted by molar-refractivity contribution is -0.138. The maximum Gasteiger partial charge on any atom is 0.246 e. The summed E-state index contributed by atoms with van der Waals surface area (Å²) in [6, 6.07) is 7.94. The first-order valence-corrected chi connectivity index (χ1v) is 9.05. The Morgan fingerprint density at radius 1 is 1.00 bits per heavy atom. The smallest absolute Gasteiger partial charge is 0.246 e. The molecule has 2 aliphatic rings. The summed E-state index contributed by atoms with van der Waals surface area (Å²) in [4.78, 5) is 32.2. The first-order chi connectivity index (χ1) is 12.7. The van der Waals surface area contributed by atoms with Gasteiger partial charge in [-0.1, -0.05) is 12.1 Å². The summed E-state index contributed by atoms with van der Waals surface area (Å²) < 4.78 is 1.93. The molecule has 1 aliphatic heterocycles. The number of aromatic nitrogens is 2. The van der Waals surface area contributed by atoms with Crippen LogP contribution in [0.25, 0.3) is 11.8 Å². The lowest BCUT2D eigenvalue weighted by Crippen LogP contribution is -2.50. The van der Waals surface area contributed by atoms with Gasteiger partial charge in [-0.25, -0.2) is 4.98 Å². The number of benzene rings is 1. The Morgan fingerprint density at radius 3 is 2.31 bits per heavy atom. The molecule has 2 aromatic rings. The molecule has 26 heavy (non-hydrogen) atoms. The van der Waals surface area contributed by atoms with Crippen LogP contribution in [0.3, 0.4) is 0 Å². The highest BCUT2D eigenvalue weighted by molar-refractivity contribution is 5.92. The van der Waals surface area contributed by atoms with Crippen molar-refractivity contribution in [3.63, 3.8) is 0 Å². The average molecular weight is 350 g/mol. The Hall–Kier alpha value is -2.89. The molecule has 134 valence electrons. The molecule has 2 heterocycles. The van der Waals surface area contributed by atoms with Gasteiger partial charge < -0.3 is 14.4 Å². The summed E-state index contributed by atoms with van der Waals surface area (Å²) in [5.74, 6) is 0.523. The minimum Gasteiger partial charge on any atom is -0.339 e. The number of nitrogens with zero attached hydrogens (tertiary/aromatic N) is 4. The summed E-state index contributed by atoms with van der Waals surface area (Å²) in [5.41, 5.74) is 2.01. The van der Waals surface area contributed by atoms with Crippen LogP contribution in [0.1, 0.15) is 18.4 Å². The second kappa shape index (κ2) is 7.15. The molecule has 1 saturated carbocycles. The molecule has 1 aliphatic carbocycles. The fourth-order valence-electron chi connectivity index (χ4n) is 3.18. The van der Waals surface area contributed by atoms with E-state index >= 15 is 0 Å². The van der Waals surface area contributed by atoms with Gasteiger partial charge in [0.1, 0.15) is 0 Å². The molecule has 4 rings (SSSR count). The van der Waals surface area contributed by atoms with Crippen LogP contribution in [-0.2, 0) is 9.59 Å². The molecule has 6 nitrogen and oxygen atoms in total. The van der Waals surface area contributed by atoms with E-state index in [9.17, 15) is 9.59 Å². The Balaban J connectivity index is 1.31. The molecule has 0 atom stereocenters. The van der Waals surface area contributed by atoms with Gasteiger partial charge in [0.2, 0.25) is 11.8 Å². The number of hydrogen-bond acceptors (Lipinski definition) is 3. The summed E-state index contributed by atoms with van der Waals surface area (Å²) in [7, 11) is 0. The number of carbonyl (C=O) groups excluding carboxylic acids is 2. The van der Waals surface area contributed by atoms with E-state index in [1.165, 1.54) is 0 Å². The van der Waals surface area contributed by atoms with E-state index in [-0.39, 0.29) is 17.7 Å². The zero-order valence-electron chi connectivity index (χ0n) is 14.6. The van der Waals surface area contributed by atoms with Crippen LogP contribution in [0.15, 0.2) is 49.1 Å². The summed E-state index contributed by atoms with van der Waals surface area (Å²) in [6.45, 7) is 2.52. The molecule has 2 amide bonds. The van der Waals surface area contributed by atoms with Crippen molar-refractivity contribution in [3.8, 4) is 5.69 Å². The maximum atomic E-state index is 12.4. The molecule has 6 heteroatoms. The molecule has 2 fully saturated rings. The molecular weight excluding hydrogens is 328 g/mol. The number of imidazole rings is 1. The monoisotopic (exact) mass is 350 g/mol. The van der Waals surface area contributed by atoms with Gasteiger partial charge in [0.25, 0.3) is 0 Å². The predicted octanol–water partition coefficient (Wildman–Crippen LogP) is 1.97. The van der Waals surface area contributed by atoms with Crippen LogP contribution >= 0.6 is 0 Å². The molecule has 1 saturated heterocycles. The average Bonchev–Trinajstić information content (AvgIpc) is 3.40. The van der Waals surface area contributed by atoms with Gasteiger partial charge >= 0.3 is 0 Å². The van der Waals surface area contributed by atoms with Gasteiger partial charge in [-0.3, -0.25) is 9.59 Å². The van der Waals surface area contributed by atoms with Crippen molar-refractivity contribution in [2.24, 2.45) is 5.92 Å². The van der Waals surface area contributed by atoms with E-state index in [2.05, 4.69) is 4.98 Å². The highest BCUT2D eigenvalue weighted by atomic mass is 16.2. The summed E-state index contributed by atoms with van der Waals surface area (Å²) in [6.07, 6.45) is 10.9. The highest BCUT2D eigenvalue weighted by Gasteiger charge is 2.34. The van der Waals surface area contributed by atoms with Crippen LogP contribution in [0, 0.1) is 5.92 Å². The third-order valence-electron chi connectivity index (χ3n) is 4.94. The van der Waals surface area contributed by atoms with Crippen molar-refractivity contribution in [1.29, 1.82) is 0 Å². The molecule has 0 unspecified atom stereocenters. The SMILES string of the molecule is O=C(/C=C/c1ccc(-n2ccnc2)cc1)N1CCN(C(=O)C2CC2)CC1. The molecule has 0 bridgehead atoms. The third kappa shape index (κ3) is 3.69. The second-order valence-electron chi connectivity index (χ2n) is 6.82. The zero-order chi connectivity index (χ0) is 17.9. The normalized spacial score (nSPS) is 17.7. The summed E-state index contributed by atoms with van der Waals surface area (Å²) >= 11 is 0. The number of piperazine rings is 1. The molecule has 0 N–H and O–H groups in total. The molecular formula is C20H22N4O2. The molecule has 0 radical (unpaired) electrons. The van der Waals surface area contributed by atoms with Gasteiger partial charge in [-0.15, -0.1) is 0 Å². The Bertz CT molecular complexity index is 799.